The summed E-state index contributed by atoms with van der Waals surface area (Å²) >= 11 is 5.55. The van der Waals surface area contributed by atoms with Crippen molar-refractivity contribution in [2.24, 2.45) is 0 Å². The summed E-state index contributed by atoms with van der Waals surface area (Å²) in [6.45, 7) is 1.88. The van der Waals surface area contributed by atoms with E-state index in [-0.39, 0.29) is 10.8 Å². The van der Waals surface area contributed by atoms with Crippen molar-refractivity contribution in [1.29, 1.82) is 0 Å². The zero-order chi connectivity index (χ0) is 10.8. The van der Waals surface area contributed by atoms with Gasteiger partial charge in [0.1, 0.15) is 16.6 Å². The molecule has 1 aliphatic heterocycles. The Morgan fingerprint density at radius 1 is 1.33 bits per heavy atom. The number of rotatable bonds is 1. The lowest BCUT2D eigenvalue weighted by Crippen LogP contribution is -2.26. The molecular formula is C11H13ClFNO. The van der Waals surface area contributed by atoms with Gasteiger partial charge in [0.05, 0.1) is 0 Å². The minimum atomic E-state index is -0.537. The topological polar surface area (TPSA) is 32.3 Å². The molecule has 2 rings (SSSR count). The Bertz CT molecular complexity index is 341. The summed E-state index contributed by atoms with van der Waals surface area (Å²) in [6, 6.07) is 3.00. The van der Waals surface area contributed by atoms with E-state index in [0.29, 0.717) is 5.92 Å². The fourth-order valence-electron chi connectivity index (χ4n) is 1.99. The Morgan fingerprint density at radius 2 is 2.00 bits per heavy atom. The molecule has 1 aromatic rings. The molecule has 2 nitrogen and oxygen atoms in total. The minimum absolute atomic E-state index is 0.162. The monoisotopic (exact) mass is 229 g/mol. The standard InChI is InChI=1S/C11H13ClFNO/c12-11-9(13)5-8(6-10(11)15)7-1-3-14-4-2-7/h5-7,14-15H,1-4H2. The largest absolute Gasteiger partial charge is 0.506 e. The predicted octanol–water partition coefficient (Wildman–Crippen LogP) is 2.65. The summed E-state index contributed by atoms with van der Waals surface area (Å²) in [5.74, 6) is -0.376. The summed E-state index contributed by atoms with van der Waals surface area (Å²) in [4.78, 5) is 0. The van der Waals surface area contributed by atoms with Gasteiger partial charge in [-0.2, -0.15) is 0 Å². The van der Waals surface area contributed by atoms with Crippen LogP contribution in [0.4, 0.5) is 4.39 Å². The van der Waals surface area contributed by atoms with E-state index in [9.17, 15) is 9.50 Å². The number of nitrogens with one attached hydrogen (secondary N) is 1. The van der Waals surface area contributed by atoms with E-state index in [1.165, 1.54) is 6.07 Å². The molecule has 1 saturated heterocycles. The number of aromatic hydroxyl groups is 1. The van der Waals surface area contributed by atoms with Crippen molar-refractivity contribution < 1.29 is 9.50 Å². The second-order valence-electron chi connectivity index (χ2n) is 3.86. The van der Waals surface area contributed by atoms with Crippen LogP contribution >= 0.6 is 11.6 Å². The number of piperidine rings is 1. The van der Waals surface area contributed by atoms with E-state index < -0.39 is 5.82 Å². The van der Waals surface area contributed by atoms with Gasteiger partial charge < -0.3 is 10.4 Å². The summed E-state index contributed by atoms with van der Waals surface area (Å²) in [5.41, 5.74) is 0.843. The molecule has 0 amide bonds. The fraction of sp³-hybridized carbons (Fsp3) is 0.455. The van der Waals surface area contributed by atoms with Crippen LogP contribution in [0.5, 0.6) is 5.75 Å². The van der Waals surface area contributed by atoms with E-state index in [1.54, 1.807) is 6.07 Å². The Hall–Kier alpha value is -0.800. The van der Waals surface area contributed by atoms with Crippen LogP contribution in [0.3, 0.4) is 0 Å². The number of halogens is 2. The first-order chi connectivity index (χ1) is 7.18. The molecular weight excluding hydrogens is 217 g/mol. The van der Waals surface area contributed by atoms with Gasteiger partial charge in [-0.25, -0.2) is 4.39 Å². The van der Waals surface area contributed by atoms with Crippen LogP contribution in [0.2, 0.25) is 5.02 Å². The first-order valence-corrected chi connectivity index (χ1v) is 5.45. The van der Waals surface area contributed by atoms with Crippen LogP contribution in [-0.2, 0) is 0 Å². The van der Waals surface area contributed by atoms with Gasteiger partial charge in [0.15, 0.2) is 0 Å². The van der Waals surface area contributed by atoms with Gasteiger partial charge in [0.25, 0.3) is 0 Å². The molecule has 4 heteroatoms. The molecule has 0 bridgehead atoms. The molecule has 0 aromatic heterocycles. The quantitative estimate of drug-likeness (QED) is 0.776. The van der Waals surface area contributed by atoms with Crippen molar-refractivity contribution in [2.75, 3.05) is 13.1 Å². The second-order valence-corrected chi connectivity index (χ2v) is 4.24. The number of hydrogen-bond acceptors (Lipinski definition) is 2. The third-order valence-electron chi connectivity index (χ3n) is 2.84. The smallest absolute Gasteiger partial charge is 0.145 e. The summed E-state index contributed by atoms with van der Waals surface area (Å²) in [7, 11) is 0. The molecule has 1 aromatic carbocycles. The van der Waals surface area contributed by atoms with Crippen molar-refractivity contribution in [3.05, 3.63) is 28.5 Å². The Morgan fingerprint density at radius 3 is 2.60 bits per heavy atom. The molecule has 2 N–H and O–H groups in total. The molecule has 1 fully saturated rings. The van der Waals surface area contributed by atoms with Crippen LogP contribution in [0.15, 0.2) is 12.1 Å². The maximum absolute atomic E-state index is 13.3. The maximum atomic E-state index is 13.3. The van der Waals surface area contributed by atoms with Crippen LogP contribution in [0, 0.1) is 5.82 Å². The van der Waals surface area contributed by atoms with Crippen molar-refractivity contribution in [3.8, 4) is 5.75 Å². The van der Waals surface area contributed by atoms with E-state index in [4.69, 9.17) is 11.6 Å². The molecule has 0 saturated carbocycles. The number of phenols is 1. The zero-order valence-electron chi connectivity index (χ0n) is 8.26. The van der Waals surface area contributed by atoms with Gasteiger partial charge in [-0.15, -0.1) is 0 Å². The lowest BCUT2D eigenvalue weighted by atomic mass is 9.90. The van der Waals surface area contributed by atoms with E-state index in [1.807, 2.05) is 0 Å². The first kappa shape index (κ1) is 10.7. The zero-order valence-corrected chi connectivity index (χ0v) is 9.02. The van der Waals surface area contributed by atoms with Crippen LogP contribution in [-0.4, -0.2) is 18.2 Å². The molecule has 0 aliphatic carbocycles. The lowest BCUT2D eigenvalue weighted by molar-refractivity contribution is 0.446. The van der Waals surface area contributed by atoms with Crippen molar-refractivity contribution >= 4 is 11.6 Å². The first-order valence-electron chi connectivity index (χ1n) is 5.07. The highest BCUT2D eigenvalue weighted by Crippen LogP contribution is 2.33. The van der Waals surface area contributed by atoms with Gasteiger partial charge in [0.2, 0.25) is 0 Å². The number of hydrogen-bond donors (Lipinski definition) is 2. The lowest BCUT2D eigenvalue weighted by Gasteiger charge is -2.23. The molecule has 1 aliphatic rings. The SMILES string of the molecule is Oc1cc(C2CCNCC2)cc(F)c1Cl. The highest BCUT2D eigenvalue weighted by molar-refractivity contribution is 6.32. The Balaban J connectivity index is 2.27. The maximum Gasteiger partial charge on any atom is 0.145 e. The highest BCUT2D eigenvalue weighted by Gasteiger charge is 2.18. The van der Waals surface area contributed by atoms with Crippen LogP contribution in [0.1, 0.15) is 24.3 Å². The van der Waals surface area contributed by atoms with Gasteiger partial charge in [-0.3, -0.25) is 0 Å². The normalized spacial score (nSPS) is 18.0. The molecule has 0 radical (unpaired) electrons. The average molecular weight is 230 g/mol. The molecule has 82 valence electrons. The van der Waals surface area contributed by atoms with Crippen LogP contribution < -0.4 is 5.32 Å². The highest BCUT2D eigenvalue weighted by atomic mass is 35.5. The van der Waals surface area contributed by atoms with Crippen molar-refractivity contribution in [3.63, 3.8) is 0 Å². The molecule has 15 heavy (non-hydrogen) atoms. The van der Waals surface area contributed by atoms with Gasteiger partial charge in [0, 0.05) is 0 Å². The number of phenolic OH excluding ortho intramolecular Hbond substituents is 1. The van der Waals surface area contributed by atoms with Crippen LogP contribution in [0.25, 0.3) is 0 Å². The average Bonchev–Trinajstić information content (AvgIpc) is 2.26. The molecule has 0 unspecified atom stereocenters. The van der Waals surface area contributed by atoms with Crippen molar-refractivity contribution in [2.45, 2.75) is 18.8 Å². The third-order valence-corrected chi connectivity index (χ3v) is 3.22. The fourth-order valence-corrected chi connectivity index (χ4v) is 2.10. The van der Waals surface area contributed by atoms with Gasteiger partial charge in [-0.05, 0) is 49.5 Å². The Kier molecular flexibility index (Phi) is 3.12. The molecule has 0 atom stereocenters. The van der Waals surface area contributed by atoms with Gasteiger partial charge in [-0.1, -0.05) is 11.6 Å². The second kappa shape index (κ2) is 4.37. The van der Waals surface area contributed by atoms with E-state index in [2.05, 4.69) is 5.32 Å². The third kappa shape index (κ3) is 2.24. The summed E-state index contributed by atoms with van der Waals surface area (Å²) in [5, 5.41) is 12.5. The molecule has 1 heterocycles. The van der Waals surface area contributed by atoms with E-state index in [0.717, 1.165) is 31.5 Å². The minimum Gasteiger partial charge on any atom is -0.506 e. The van der Waals surface area contributed by atoms with Gasteiger partial charge >= 0.3 is 0 Å². The summed E-state index contributed by atoms with van der Waals surface area (Å²) in [6.07, 6.45) is 1.95. The molecule has 0 spiro atoms. The van der Waals surface area contributed by atoms with Crippen molar-refractivity contribution in [1.82, 2.24) is 5.32 Å². The summed E-state index contributed by atoms with van der Waals surface area (Å²) < 4.78 is 13.3. The predicted molar refractivity (Wildman–Crippen MR) is 57.9 cm³/mol. The number of benzene rings is 1. The van der Waals surface area contributed by atoms with E-state index >= 15 is 0 Å². The Labute approximate surface area is 93.1 Å².